The predicted octanol–water partition coefficient (Wildman–Crippen LogP) is 6.34. The van der Waals surface area contributed by atoms with E-state index in [0.717, 1.165) is 11.1 Å². The van der Waals surface area contributed by atoms with Gasteiger partial charge in [0.1, 0.15) is 11.2 Å². The third kappa shape index (κ3) is 5.97. The number of Topliss-reactive ketones (excluding diaryl/α,β-unsaturated/α-hetero) is 1. The van der Waals surface area contributed by atoms with Crippen LogP contribution in [0.1, 0.15) is 38.3 Å². The fourth-order valence-electron chi connectivity index (χ4n) is 4.07. The number of rotatable bonds is 10. The van der Waals surface area contributed by atoms with Crippen LogP contribution in [0, 0.1) is 0 Å². The molecule has 3 rings (SSSR count). The molecule has 0 saturated heterocycles. The molecule has 0 heterocycles. The van der Waals surface area contributed by atoms with Crippen LogP contribution in [0.4, 0.5) is 0 Å². The second-order valence-corrected chi connectivity index (χ2v) is 15.6. The first kappa shape index (κ1) is 27.9. The Labute approximate surface area is 218 Å². The topological polar surface area (TPSA) is 52.6 Å². The van der Waals surface area contributed by atoms with Gasteiger partial charge in [0.25, 0.3) is 0 Å². The lowest BCUT2D eigenvalue weighted by molar-refractivity contribution is -0.143. The van der Waals surface area contributed by atoms with Gasteiger partial charge in [-0.25, -0.2) is 0 Å². The van der Waals surface area contributed by atoms with Gasteiger partial charge < -0.3 is 9.16 Å². The van der Waals surface area contributed by atoms with Gasteiger partial charge in [-0.1, -0.05) is 99.6 Å². The number of carbonyl (C=O) groups is 2. The van der Waals surface area contributed by atoms with Crippen molar-refractivity contribution in [2.24, 2.45) is 0 Å². The van der Waals surface area contributed by atoms with Crippen LogP contribution in [-0.2, 0) is 19.4 Å². The number of carbonyl (C=O) groups excluding carboxylic acids is 2. The highest BCUT2D eigenvalue weighted by Gasteiger charge is 2.54. The molecule has 0 aliphatic carbocycles. The molecular weight excluding hydrogens is 483 g/mol. The summed E-state index contributed by atoms with van der Waals surface area (Å²) in [6.45, 7) is 10.7. The lowest BCUT2D eigenvalue weighted by Crippen LogP contribution is -2.56. The molecule has 0 aliphatic heterocycles. The first-order chi connectivity index (χ1) is 17.0. The Balaban J connectivity index is 2.34. The SMILES string of the molecule is CC(C)(C)[Si](C)(C)O[C@H](CC(=O)C=[PH3])C(C(=O)Oc1ccccc1)(c1ccccc1)c1ccccc1. The number of benzene rings is 3. The fourth-order valence-corrected chi connectivity index (χ4v) is 5.56. The first-order valence-electron chi connectivity index (χ1n) is 12.2. The largest absolute Gasteiger partial charge is 0.426 e. The van der Waals surface area contributed by atoms with Crippen LogP contribution in [0.15, 0.2) is 91.0 Å². The minimum absolute atomic E-state index is 0.0592. The molecule has 0 spiro atoms. The van der Waals surface area contributed by atoms with Gasteiger partial charge in [0, 0.05) is 6.42 Å². The molecule has 0 aliphatic rings. The molecule has 36 heavy (non-hydrogen) atoms. The highest BCUT2D eigenvalue weighted by Crippen LogP contribution is 2.45. The van der Waals surface area contributed by atoms with Crippen molar-refractivity contribution < 1.29 is 18.8 Å². The van der Waals surface area contributed by atoms with E-state index in [9.17, 15) is 9.59 Å². The number of para-hydroxylation sites is 1. The lowest BCUT2D eigenvalue weighted by atomic mass is 9.69. The molecule has 4 nitrogen and oxygen atoms in total. The zero-order valence-corrected chi connectivity index (χ0v) is 24.3. The fraction of sp³-hybridized carbons (Fsp3) is 0.300. The van der Waals surface area contributed by atoms with E-state index in [2.05, 4.69) is 33.9 Å². The predicted molar refractivity (Wildman–Crippen MR) is 155 cm³/mol. The number of ether oxygens (including phenoxy) is 1. The summed E-state index contributed by atoms with van der Waals surface area (Å²) in [7, 11) is -0.928. The second kappa shape index (κ2) is 11.6. The Morgan fingerprint density at radius 1 is 0.833 bits per heavy atom. The van der Waals surface area contributed by atoms with E-state index in [1.54, 1.807) is 17.9 Å². The molecule has 0 bridgehead atoms. The van der Waals surface area contributed by atoms with Gasteiger partial charge in [-0.15, -0.1) is 8.86 Å². The minimum Gasteiger partial charge on any atom is -0.426 e. The summed E-state index contributed by atoms with van der Waals surface area (Å²) in [6.07, 6.45) is -0.711. The van der Waals surface area contributed by atoms with Crippen LogP contribution in [0.3, 0.4) is 0 Å². The molecule has 0 radical (unpaired) electrons. The summed E-state index contributed by atoms with van der Waals surface area (Å²) in [5.41, 5.74) is 0.0923. The van der Waals surface area contributed by atoms with Crippen molar-refractivity contribution in [2.45, 2.75) is 56.8 Å². The van der Waals surface area contributed by atoms with E-state index in [4.69, 9.17) is 9.16 Å². The van der Waals surface area contributed by atoms with Gasteiger partial charge in [-0.3, -0.25) is 9.59 Å². The summed E-state index contributed by atoms with van der Waals surface area (Å²) in [4.78, 5) is 27.5. The molecule has 0 aromatic heterocycles. The van der Waals surface area contributed by atoms with Gasteiger partial charge in [0.05, 0.1) is 6.10 Å². The monoisotopic (exact) mass is 520 g/mol. The highest BCUT2D eigenvalue weighted by atomic mass is 31.0. The molecule has 1 unspecified atom stereocenters. The van der Waals surface area contributed by atoms with Crippen molar-refractivity contribution in [1.82, 2.24) is 0 Å². The van der Waals surface area contributed by atoms with Gasteiger partial charge in [-0.2, -0.15) is 0 Å². The smallest absolute Gasteiger partial charge is 0.329 e. The zero-order chi connectivity index (χ0) is 26.4. The third-order valence-corrected chi connectivity index (χ3v) is 12.0. The first-order valence-corrected chi connectivity index (χ1v) is 16.0. The normalized spacial score (nSPS) is 13.1. The van der Waals surface area contributed by atoms with E-state index in [0.29, 0.717) is 5.75 Å². The Morgan fingerprint density at radius 3 is 1.69 bits per heavy atom. The highest BCUT2D eigenvalue weighted by molar-refractivity contribution is 7.22. The summed E-state index contributed by atoms with van der Waals surface area (Å²) in [5.74, 6) is 1.48. The van der Waals surface area contributed by atoms with Crippen molar-refractivity contribution in [3.05, 3.63) is 102 Å². The summed E-state index contributed by atoms with van der Waals surface area (Å²) < 4.78 is 13.1. The van der Waals surface area contributed by atoms with Gasteiger partial charge >= 0.3 is 5.97 Å². The Bertz CT molecular complexity index is 1130. The average Bonchev–Trinajstić information content (AvgIpc) is 2.85. The van der Waals surface area contributed by atoms with Crippen LogP contribution in [0.5, 0.6) is 5.75 Å². The maximum atomic E-state index is 14.5. The third-order valence-electron chi connectivity index (χ3n) is 7.07. The number of hydrogen-bond donors (Lipinski definition) is 0. The van der Waals surface area contributed by atoms with Gasteiger partial charge in [-0.05, 0) is 47.2 Å². The van der Waals surface area contributed by atoms with E-state index < -0.39 is 25.8 Å². The molecule has 3 aromatic carbocycles. The van der Waals surface area contributed by atoms with Crippen LogP contribution in [0.25, 0.3) is 0 Å². The molecule has 0 N–H and O–H groups in total. The van der Waals surface area contributed by atoms with E-state index in [1.807, 2.05) is 78.9 Å². The maximum absolute atomic E-state index is 14.5. The van der Waals surface area contributed by atoms with Gasteiger partial charge in [0.2, 0.25) is 0 Å². The van der Waals surface area contributed by atoms with Crippen LogP contribution in [0.2, 0.25) is 18.1 Å². The van der Waals surface area contributed by atoms with Crippen LogP contribution < -0.4 is 4.74 Å². The summed E-state index contributed by atoms with van der Waals surface area (Å²) >= 11 is 0. The minimum atomic E-state index is -2.43. The van der Waals surface area contributed by atoms with Crippen molar-refractivity contribution in [3.8, 4) is 5.75 Å². The van der Waals surface area contributed by atoms with Crippen molar-refractivity contribution in [2.75, 3.05) is 0 Å². The molecule has 2 atom stereocenters. The molecule has 0 saturated carbocycles. The Hall–Kier alpha value is -2.72. The second-order valence-electron chi connectivity index (χ2n) is 10.5. The van der Waals surface area contributed by atoms with Crippen LogP contribution in [-0.4, -0.2) is 32.0 Å². The maximum Gasteiger partial charge on any atom is 0.329 e. The summed E-state index contributed by atoms with van der Waals surface area (Å²) in [6, 6.07) is 28.2. The average molecular weight is 521 g/mol. The van der Waals surface area contributed by atoms with E-state index in [1.165, 1.54) is 8.86 Å². The van der Waals surface area contributed by atoms with E-state index >= 15 is 0 Å². The zero-order valence-electron chi connectivity index (χ0n) is 21.9. The molecule has 0 fully saturated rings. The van der Waals surface area contributed by atoms with Crippen molar-refractivity contribution >= 4 is 34.7 Å². The van der Waals surface area contributed by atoms with E-state index in [-0.39, 0.29) is 17.2 Å². The Kier molecular flexibility index (Phi) is 8.94. The molecule has 6 heteroatoms. The van der Waals surface area contributed by atoms with Crippen molar-refractivity contribution in [3.63, 3.8) is 0 Å². The molecule has 3 aromatic rings. The molecule has 190 valence electrons. The number of hydrogen-bond acceptors (Lipinski definition) is 4. The quantitative estimate of drug-likeness (QED) is 0.136. The van der Waals surface area contributed by atoms with Crippen molar-refractivity contribution in [1.29, 1.82) is 0 Å². The van der Waals surface area contributed by atoms with Crippen LogP contribution >= 0.6 is 8.86 Å². The van der Waals surface area contributed by atoms with Gasteiger partial charge in [0.15, 0.2) is 14.1 Å². The molecule has 0 amide bonds. The lowest BCUT2D eigenvalue weighted by Gasteiger charge is -2.46. The standard InChI is InChI=1S/C30H37O4PSi/c1-29(2,3)36(4,5)34-27(21-25(31)22-35)30(23-15-9-6-10-16-23,24-17-11-7-12-18-24)28(32)33-26-19-13-8-14-20-26/h6-20,22,27H,21H2,1-5,35H3/t27-/m1/s1. The number of esters is 1. The molecular formula is C30H37O4PSi. The number of ketones is 1. The Morgan fingerprint density at radius 2 is 1.28 bits per heavy atom. The summed E-state index contributed by atoms with van der Waals surface area (Å²) in [5, 5.41) is -0.131.